The van der Waals surface area contributed by atoms with Gasteiger partial charge in [-0.25, -0.2) is 13.7 Å². The van der Waals surface area contributed by atoms with Crippen molar-refractivity contribution in [3.8, 4) is 0 Å². The van der Waals surface area contributed by atoms with Crippen molar-refractivity contribution in [2.75, 3.05) is 0 Å². The van der Waals surface area contributed by atoms with Crippen LogP contribution in [-0.4, -0.2) is 15.5 Å². The summed E-state index contributed by atoms with van der Waals surface area (Å²) in [5, 5.41) is -0.0955. The first kappa shape index (κ1) is 12.0. The highest BCUT2D eigenvalue weighted by atomic mass is 32.2. The van der Waals surface area contributed by atoms with E-state index in [9.17, 15) is 4.21 Å². The second-order valence-electron chi connectivity index (χ2n) is 4.72. The minimum Gasteiger partial charge on any atom is -0.240 e. The molecule has 0 aromatic rings. The molecule has 0 radical (unpaired) electrons. The van der Waals surface area contributed by atoms with Gasteiger partial charge in [-0.15, -0.1) is 0 Å². The van der Waals surface area contributed by atoms with Crippen molar-refractivity contribution in [2.24, 2.45) is 5.92 Å². The highest BCUT2D eigenvalue weighted by Crippen LogP contribution is 2.24. The standard InChI is InChI=1S/C10H22N2OS/c1-8(2)14(11,13)12-10-6-4-9(3)5-7-10/h8-10H,4-7H2,1-3H3,(H2,11,12,13). The van der Waals surface area contributed by atoms with E-state index in [1.807, 2.05) is 13.8 Å². The zero-order valence-corrected chi connectivity index (χ0v) is 10.2. The lowest BCUT2D eigenvalue weighted by Gasteiger charge is -2.28. The molecule has 2 N–H and O–H groups in total. The van der Waals surface area contributed by atoms with Crippen molar-refractivity contribution in [1.29, 1.82) is 4.78 Å². The van der Waals surface area contributed by atoms with E-state index in [1.165, 1.54) is 12.8 Å². The van der Waals surface area contributed by atoms with Crippen LogP contribution >= 0.6 is 0 Å². The van der Waals surface area contributed by atoms with Crippen molar-refractivity contribution in [2.45, 2.75) is 57.7 Å². The third-order valence-electron chi connectivity index (χ3n) is 3.02. The maximum Gasteiger partial charge on any atom is 0.107 e. The van der Waals surface area contributed by atoms with Crippen LogP contribution in [0.15, 0.2) is 0 Å². The third kappa shape index (κ3) is 3.24. The average Bonchev–Trinajstić information content (AvgIpc) is 2.08. The lowest BCUT2D eigenvalue weighted by Crippen LogP contribution is -2.40. The van der Waals surface area contributed by atoms with Gasteiger partial charge in [0.05, 0.1) is 5.25 Å². The first-order valence-electron chi connectivity index (χ1n) is 5.46. The average molecular weight is 218 g/mol. The molecule has 0 aromatic heterocycles. The van der Waals surface area contributed by atoms with Crippen molar-refractivity contribution >= 4 is 9.92 Å². The Kier molecular flexibility index (Phi) is 3.95. The zero-order valence-electron chi connectivity index (χ0n) is 9.38. The molecule has 4 heteroatoms. The van der Waals surface area contributed by atoms with Gasteiger partial charge in [-0.3, -0.25) is 0 Å². The van der Waals surface area contributed by atoms with Gasteiger partial charge in [-0.05, 0) is 45.4 Å². The van der Waals surface area contributed by atoms with Crippen LogP contribution in [0.4, 0.5) is 0 Å². The van der Waals surface area contributed by atoms with E-state index >= 15 is 0 Å². The summed E-state index contributed by atoms with van der Waals surface area (Å²) in [6, 6.07) is 0.304. The van der Waals surface area contributed by atoms with E-state index in [2.05, 4.69) is 11.6 Å². The molecule has 1 fully saturated rings. The highest BCUT2D eigenvalue weighted by Gasteiger charge is 2.22. The van der Waals surface area contributed by atoms with Crippen molar-refractivity contribution < 1.29 is 4.21 Å². The van der Waals surface area contributed by atoms with E-state index in [4.69, 9.17) is 4.78 Å². The molecule has 1 aliphatic carbocycles. The van der Waals surface area contributed by atoms with E-state index in [0.717, 1.165) is 18.8 Å². The zero-order chi connectivity index (χ0) is 10.8. The molecular weight excluding hydrogens is 196 g/mol. The quantitative estimate of drug-likeness (QED) is 0.751. The Morgan fingerprint density at radius 2 is 1.79 bits per heavy atom. The minimum absolute atomic E-state index is 0.0955. The molecule has 0 bridgehead atoms. The van der Waals surface area contributed by atoms with Crippen LogP contribution in [0.5, 0.6) is 0 Å². The summed E-state index contributed by atoms with van der Waals surface area (Å²) in [7, 11) is -2.57. The second kappa shape index (κ2) is 4.62. The van der Waals surface area contributed by atoms with Gasteiger partial charge >= 0.3 is 0 Å². The normalized spacial score (nSPS) is 32.9. The van der Waals surface area contributed by atoms with Gasteiger partial charge in [0.25, 0.3) is 0 Å². The Morgan fingerprint density at radius 3 is 2.21 bits per heavy atom. The number of hydrogen-bond donors (Lipinski definition) is 2. The molecule has 1 unspecified atom stereocenters. The van der Waals surface area contributed by atoms with E-state index in [1.54, 1.807) is 0 Å². The van der Waals surface area contributed by atoms with E-state index < -0.39 is 9.92 Å². The van der Waals surface area contributed by atoms with Gasteiger partial charge < -0.3 is 0 Å². The van der Waals surface area contributed by atoms with Gasteiger partial charge in [0, 0.05) is 6.04 Å². The lowest BCUT2D eigenvalue weighted by atomic mass is 9.88. The predicted octanol–water partition coefficient (Wildman–Crippen LogP) is 2.52. The van der Waals surface area contributed by atoms with Gasteiger partial charge in [-0.1, -0.05) is 6.92 Å². The lowest BCUT2D eigenvalue weighted by molar-refractivity contribution is 0.334. The third-order valence-corrected chi connectivity index (χ3v) is 5.03. The fourth-order valence-corrected chi connectivity index (χ4v) is 2.76. The molecule has 0 amide bonds. The van der Waals surface area contributed by atoms with Crippen LogP contribution < -0.4 is 4.72 Å². The number of rotatable bonds is 3. The van der Waals surface area contributed by atoms with Crippen LogP contribution in [0.3, 0.4) is 0 Å². The van der Waals surface area contributed by atoms with Crippen molar-refractivity contribution in [3.63, 3.8) is 0 Å². The van der Waals surface area contributed by atoms with Crippen molar-refractivity contribution in [3.05, 3.63) is 0 Å². The van der Waals surface area contributed by atoms with Crippen LogP contribution in [0.25, 0.3) is 0 Å². The Balaban J connectivity index is 2.46. The second-order valence-corrected chi connectivity index (χ2v) is 7.10. The topological polar surface area (TPSA) is 53.0 Å². The molecule has 0 heterocycles. The summed E-state index contributed by atoms with van der Waals surface area (Å²) in [6.45, 7) is 5.94. The maximum absolute atomic E-state index is 11.8. The van der Waals surface area contributed by atoms with Crippen LogP contribution in [0, 0.1) is 10.7 Å². The Labute approximate surface area is 87.8 Å². The summed E-state index contributed by atoms with van der Waals surface area (Å²) in [5.41, 5.74) is 0. The van der Waals surface area contributed by atoms with E-state index in [0.29, 0.717) is 6.04 Å². The van der Waals surface area contributed by atoms with Gasteiger partial charge in [-0.2, -0.15) is 0 Å². The number of hydrogen-bond acceptors (Lipinski definition) is 2. The first-order chi connectivity index (χ1) is 6.42. The first-order valence-corrected chi connectivity index (χ1v) is 7.09. The van der Waals surface area contributed by atoms with Crippen LogP contribution in [0.2, 0.25) is 0 Å². The Morgan fingerprint density at radius 1 is 1.29 bits per heavy atom. The Bertz CT molecular complexity index is 264. The Hall–Kier alpha value is -0.0900. The summed E-state index contributed by atoms with van der Waals surface area (Å²) in [4.78, 5) is 0. The van der Waals surface area contributed by atoms with Gasteiger partial charge in [0.15, 0.2) is 0 Å². The smallest absolute Gasteiger partial charge is 0.107 e. The fraction of sp³-hybridized carbons (Fsp3) is 1.00. The molecule has 1 rings (SSSR count). The van der Waals surface area contributed by atoms with E-state index in [-0.39, 0.29) is 5.25 Å². The highest BCUT2D eigenvalue weighted by molar-refractivity contribution is 7.91. The fourth-order valence-electron chi connectivity index (χ4n) is 1.76. The SMILES string of the molecule is CC1CCC(NS(=N)(=O)C(C)C)CC1. The van der Waals surface area contributed by atoms with Crippen LogP contribution in [0.1, 0.15) is 46.5 Å². The molecule has 1 saturated carbocycles. The molecule has 0 spiro atoms. The van der Waals surface area contributed by atoms with Gasteiger partial charge in [0.1, 0.15) is 9.92 Å². The summed E-state index contributed by atoms with van der Waals surface area (Å²) in [6.07, 6.45) is 4.55. The molecule has 84 valence electrons. The summed E-state index contributed by atoms with van der Waals surface area (Å²) < 4.78 is 22.5. The summed E-state index contributed by atoms with van der Waals surface area (Å²) in [5.74, 6) is 0.800. The largest absolute Gasteiger partial charge is 0.240 e. The molecule has 1 atom stereocenters. The molecule has 0 aromatic carbocycles. The molecular formula is C10H22N2OS. The van der Waals surface area contributed by atoms with Gasteiger partial charge in [0.2, 0.25) is 0 Å². The molecule has 14 heavy (non-hydrogen) atoms. The molecule has 0 saturated heterocycles. The molecule has 1 aliphatic rings. The summed E-state index contributed by atoms with van der Waals surface area (Å²) >= 11 is 0. The van der Waals surface area contributed by atoms with Crippen molar-refractivity contribution in [1.82, 2.24) is 4.72 Å². The molecule has 0 aliphatic heterocycles. The number of nitrogens with one attached hydrogen (secondary N) is 2. The molecule has 3 nitrogen and oxygen atoms in total. The van der Waals surface area contributed by atoms with Crippen LogP contribution in [-0.2, 0) is 9.92 Å². The monoisotopic (exact) mass is 218 g/mol. The predicted molar refractivity (Wildman–Crippen MR) is 60.6 cm³/mol. The maximum atomic E-state index is 11.8. The minimum atomic E-state index is -2.57.